The van der Waals surface area contributed by atoms with Crippen LogP contribution in [0.2, 0.25) is 0 Å². The summed E-state index contributed by atoms with van der Waals surface area (Å²) in [6.07, 6.45) is -3.11. The lowest BCUT2D eigenvalue weighted by Crippen LogP contribution is -2.06. The minimum absolute atomic E-state index is 0.0552. The van der Waals surface area contributed by atoms with Crippen molar-refractivity contribution in [2.45, 2.75) is 6.18 Å². The molecule has 0 atom stereocenters. The van der Waals surface area contributed by atoms with E-state index in [4.69, 9.17) is 9.47 Å². The molecular formula is C23H14BrF3N2O4. The molecule has 0 aromatic heterocycles. The van der Waals surface area contributed by atoms with E-state index in [-0.39, 0.29) is 17.2 Å². The van der Waals surface area contributed by atoms with Crippen molar-refractivity contribution in [3.05, 3.63) is 91.9 Å². The molecule has 10 heteroatoms. The molecule has 0 aliphatic carbocycles. The monoisotopic (exact) mass is 518 g/mol. The van der Waals surface area contributed by atoms with Crippen LogP contribution >= 0.6 is 15.9 Å². The Morgan fingerprint density at radius 2 is 1.73 bits per heavy atom. The number of ether oxygens (including phenoxy) is 2. The molecule has 3 rings (SSSR count). The third-order valence-corrected chi connectivity index (χ3v) is 5.01. The number of nitro groups is 1. The standard InChI is InChI=1S/C23H14BrF3N2O4/c1-32-22-11-14(10-16(13-28)15-3-6-18(24)7-4-15)2-8-21(22)33-20-9-5-17(23(25,26)27)12-19(20)29(30)31/h2-12H,1H3/b16-10+. The van der Waals surface area contributed by atoms with E-state index in [9.17, 15) is 28.5 Å². The van der Waals surface area contributed by atoms with Gasteiger partial charge in [0.1, 0.15) is 0 Å². The summed E-state index contributed by atoms with van der Waals surface area (Å²) in [6, 6.07) is 15.8. The highest BCUT2D eigenvalue weighted by molar-refractivity contribution is 9.10. The molecule has 0 aliphatic rings. The van der Waals surface area contributed by atoms with Gasteiger partial charge in [-0.15, -0.1) is 0 Å². The van der Waals surface area contributed by atoms with Crippen LogP contribution in [0, 0.1) is 21.4 Å². The fourth-order valence-electron chi connectivity index (χ4n) is 2.88. The maximum atomic E-state index is 12.9. The Labute approximate surface area is 194 Å². The first kappa shape index (κ1) is 23.8. The van der Waals surface area contributed by atoms with Crippen molar-refractivity contribution in [3.63, 3.8) is 0 Å². The Kier molecular flexibility index (Phi) is 7.04. The third-order valence-electron chi connectivity index (χ3n) is 4.48. The molecule has 3 aromatic carbocycles. The number of nitriles is 1. The van der Waals surface area contributed by atoms with E-state index in [2.05, 4.69) is 22.0 Å². The van der Waals surface area contributed by atoms with Crippen LogP contribution in [-0.4, -0.2) is 12.0 Å². The minimum Gasteiger partial charge on any atom is -0.493 e. The molecule has 0 bridgehead atoms. The highest BCUT2D eigenvalue weighted by Crippen LogP contribution is 2.40. The van der Waals surface area contributed by atoms with Gasteiger partial charge in [0.2, 0.25) is 5.75 Å². The topological polar surface area (TPSA) is 85.4 Å². The lowest BCUT2D eigenvalue weighted by molar-refractivity contribution is -0.385. The summed E-state index contributed by atoms with van der Waals surface area (Å²) in [6.45, 7) is 0. The number of rotatable bonds is 6. The van der Waals surface area contributed by atoms with Gasteiger partial charge in [-0.2, -0.15) is 18.4 Å². The molecule has 0 heterocycles. The maximum Gasteiger partial charge on any atom is 0.416 e. The van der Waals surface area contributed by atoms with Crippen LogP contribution in [-0.2, 0) is 6.18 Å². The first-order valence-corrected chi connectivity index (χ1v) is 10.0. The number of methoxy groups -OCH3 is 1. The van der Waals surface area contributed by atoms with Gasteiger partial charge in [0.05, 0.1) is 29.2 Å². The van der Waals surface area contributed by atoms with Crippen LogP contribution in [0.1, 0.15) is 16.7 Å². The maximum absolute atomic E-state index is 12.9. The molecule has 0 amide bonds. The van der Waals surface area contributed by atoms with Gasteiger partial charge in [0.15, 0.2) is 11.5 Å². The van der Waals surface area contributed by atoms with Crippen molar-refractivity contribution in [2.75, 3.05) is 7.11 Å². The smallest absolute Gasteiger partial charge is 0.416 e. The Bertz CT molecular complexity index is 1270. The molecule has 33 heavy (non-hydrogen) atoms. The summed E-state index contributed by atoms with van der Waals surface area (Å²) in [5, 5.41) is 20.8. The van der Waals surface area contributed by atoms with Crippen LogP contribution in [0.25, 0.3) is 11.6 Å². The lowest BCUT2D eigenvalue weighted by Gasteiger charge is -2.13. The second-order valence-electron chi connectivity index (χ2n) is 6.63. The van der Waals surface area contributed by atoms with Crippen molar-refractivity contribution >= 4 is 33.3 Å². The first-order valence-electron chi connectivity index (χ1n) is 9.21. The molecule has 168 valence electrons. The van der Waals surface area contributed by atoms with Gasteiger partial charge in [-0.05, 0) is 53.6 Å². The van der Waals surface area contributed by atoms with Gasteiger partial charge >= 0.3 is 11.9 Å². The number of alkyl halides is 3. The van der Waals surface area contributed by atoms with Gasteiger partial charge in [-0.3, -0.25) is 10.1 Å². The second-order valence-corrected chi connectivity index (χ2v) is 7.54. The summed E-state index contributed by atoms with van der Waals surface area (Å²) in [5.74, 6) is -0.145. The average Bonchev–Trinajstić information content (AvgIpc) is 2.78. The van der Waals surface area contributed by atoms with Crippen molar-refractivity contribution in [3.8, 4) is 23.3 Å². The quantitative estimate of drug-likeness (QED) is 0.148. The normalized spacial score (nSPS) is 11.6. The molecule has 0 unspecified atom stereocenters. The van der Waals surface area contributed by atoms with Gasteiger partial charge in [0.25, 0.3) is 0 Å². The van der Waals surface area contributed by atoms with Gasteiger partial charge in [0, 0.05) is 10.5 Å². The Hall–Kier alpha value is -3.84. The predicted octanol–water partition coefficient (Wildman–Crippen LogP) is 7.24. The summed E-state index contributed by atoms with van der Waals surface area (Å²) >= 11 is 3.33. The van der Waals surface area contributed by atoms with Crippen LogP contribution < -0.4 is 9.47 Å². The van der Waals surface area contributed by atoms with E-state index >= 15 is 0 Å². The van der Waals surface area contributed by atoms with E-state index in [1.165, 1.54) is 13.2 Å². The molecule has 3 aromatic rings. The predicted molar refractivity (Wildman–Crippen MR) is 119 cm³/mol. The van der Waals surface area contributed by atoms with Gasteiger partial charge in [-0.25, -0.2) is 0 Å². The molecule has 0 saturated carbocycles. The summed E-state index contributed by atoms with van der Waals surface area (Å²) in [4.78, 5) is 10.3. The van der Waals surface area contributed by atoms with Crippen LogP contribution in [0.15, 0.2) is 65.1 Å². The number of allylic oxidation sites excluding steroid dienone is 1. The van der Waals surface area contributed by atoms with Crippen molar-refractivity contribution in [2.24, 2.45) is 0 Å². The van der Waals surface area contributed by atoms with E-state index in [0.717, 1.165) is 10.5 Å². The van der Waals surface area contributed by atoms with Crippen molar-refractivity contribution < 1.29 is 27.6 Å². The summed E-state index contributed by atoms with van der Waals surface area (Å²) in [5.41, 5.74) is -0.332. The molecule has 0 aliphatic heterocycles. The van der Waals surface area contributed by atoms with Crippen LogP contribution in [0.4, 0.5) is 18.9 Å². The van der Waals surface area contributed by atoms with E-state index < -0.39 is 22.4 Å². The average molecular weight is 519 g/mol. The zero-order valence-electron chi connectivity index (χ0n) is 16.9. The zero-order valence-corrected chi connectivity index (χ0v) is 18.5. The van der Waals surface area contributed by atoms with Crippen LogP contribution in [0.5, 0.6) is 17.2 Å². The fraction of sp³-hybridized carbons (Fsp3) is 0.0870. The van der Waals surface area contributed by atoms with Crippen molar-refractivity contribution in [1.29, 1.82) is 5.26 Å². The molecular weight excluding hydrogens is 505 g/mol. The number of nitro benzene ring substituents is 1. The number of hydrogen-bond acceptors (Lipinski definition) is 5. The number of benzene rings is 3. The van der Waals surface area contributed by atoms with E-state index in [1.807, 2.05) is 0 Å². The number of halogens is 4. The lowest BCUT2D eigenvalue weighted by atomic mass is 10.0. The first-order chi connectivity index (χ1) is 15.6. The second kappa shape index (κ2) is 9.75. The van der Waals surface area contributed by atoms with Crippen LogP contribution in [0.3, 0.4) is 0 Å². The Balaban J connectivity index is 1.96. The largest absolute Gasteiger partial charge is 0.493 e. The summed E-state index contributed by atoms with van der Waals surface area (Å²) < 4.78 is 50.4. The van der Waals surface area contributed by atoms with Gasteiger partial charge < -0.3 is 9.47 Å². The van der Waals surface area contributed by atoms with E-state index in [0.29, 0.717) is 28.8 Å². The zero-order chi connectivity index (χ0) is 24.2. The molecule has 0 radical (unpaired) electrons. The molecule has 0 spiro atoms. The number of nitrogens with zero attached hydrogens (tertiary/aromatic N) is 2. The molecule has 6 nitrogen and oxygen atoms in total. The molecule has 0 N–H and O–H groups in total. The van der Waals surface area contributed by atoms with Gasteiger partial charge in [-0.1, -0.05) is 34.1 Å². The van der Waals surface area contributed by atoms with E-state index in [1.54, 1.807) is 42.5 Å². The number of hydrogen-bond donors (Lipinski definition) is 0. The minimum atomic E-state index is -4.73. The highest BCUT2D eigenvalue weighted by atomic mass is 79.9. The van der Waals surface area contributed by atoms with Crippen molar-refractivity contribution in [1.82, 2.24) is 0 Å². The SMILES string of the molecule is COc1cc(/C=C(\C#N)c2ccc(Br)cc2)ccc1Oc1ccc(C(F)(F)F)cc1[N+](=O)[O-]. The fourth-order valence-corrected chi connectivity index (χ4v) is 3.14. The third kappa shape index (κ3) is 5.70. The Morgan fingerprint density at radius 1 is 1.06 bits per heavy atom. The molecule has 0 fully saturated rings. The highest BCUT2D eigenvalue weighted by Gasteiger charge is 2.33. The molecule has 0 saturated heterocycles. The Morgan fingerprint density at radius 3 is 2.30 bits per heavy atom. The summed E-state index contributed by atoms with van der Waals surface area (Å²) in [7, 11) is 1.34.